The SMILES string of the molecule is CC(N)Cc1cnc(C2CN(C)CCO2)nc1. The van der Waals surface area contributed by atoms with Gasteiger partial charge in [0.1, 0.15) is 6.10 Å². The maximum absolute atomic E-state index is 5.74. The van der Waals surface area contributed by atoms with Gasteiger partial charge in [-0.2, -0.15) is 0 Å². The Bertz CT molecular complexity index is 352. The Hall–Kier alpha value is -1.04. The minimum absolute atomic E-state index is 0.00176. The molecule has 2 rings (SSSR count). The summed E-state index contributed by atoms with van der Waals surface area (Å²) < 4.78 is 5.66. The molecule has 0 radical (unpaired) electrons. The monoisotopic (exact) mass is 236 g/mol. The molecule has 1 aromatic heterocycles. The second-order valence-electron chi connectivity index (χ2n) is 4.75. The lowest BCUT2D eigenvalue weighted by Gasteiger charge is -2.28. The molecule has 0 saturated carbocycles. The summed E-state index contributed by atoms with van der Waals surface area (Å²) in [6.45, 7) is 4.55. The molecule has 2 atom stereocenters. The van der Waals surface area contributed by atoms with Gasteiger partial charge in [-0.3, -0.25) is 0 Å². The second-order valence-corrected chi connectivity index (χ2v) is 4.75. The molecule has 5 nitrogen and oxygen atoms in total. The van der Waals surface area contributed by atoms with Crippen molar-refractivity contribution in [3.8, 4) is 0 Å². The van der Waals surface area contributed by atoms with E-state index in [2.05, 4.69) is 21.9 Å². The largest absolute Gasteiger partial charge is 0.368 e. The zero-order valence-electron chi connectivity index (χ0n) is 10.5. The van der Waals surface area contributed by atoms with Gasteiger partial charge in [0.15, 0.2) is 5.82 Å². The third kappa shape index (κ3) is 3.46. The smallest absolute Gasteiger partial charge is 0.158 e. The molecule has 0 bridgehead atoms. The normalized spacial score (nSPS) is 23.6. The van der Waals surface area contributed by atoms with Crippen LogP contribution in [0.25, 0.3) is 0 Å². The van der Waals surface area contributed by atoms with Crippen LogP contribution in [0.2, 0.25) is 0 Å². The number of rotatable bonds is 3. The quantitative estimate of drug-likeness (QED) is 0.821. The van der Waals surface area contributed by atoms with E-state index >= 15 is 0 Å². The van der Waals surface area contributed by atoms with Crippen LogP contribution >= 0.6 is 0 Å². The van der Waals surface area contributed by atoms with Crippen molar-refractivity contribution in [3.63, 3.8) is 0 Å². The first-order valence-corrected chi connectivity index (χ1v) is 6.01. The van der Waals surface area contributed by atoms with Crippen LogP contribution in [-0.4, -0.2) is 47.7 Å². The van der Waals surface area contributed by atoms with Gasteiger partial charge in [0.25, 0.3) is 0 Å². The van der Waals surface area contributed by atoms with Crippen LogP contribution in [0, 0.1) is 0 Å². The van der Waals surface area contributed by atoms with Crippen LogP contribution in [-0.2, 0) is 11.2 Å². The number of hydrogen-bond acceptors (Lipinski definition) is 5. The number of ether oxygens (including phenoxy) is 1. The fourth-order valence-corrected chi connectivity index (χ4v) is 1.94. The third-order valence-electron chi connectivity index (χ3n) is 2.84. The van der Waals surface area contributed by atoms with E-state index in [1.807, 2.05) is 19.3 Å². The maximum atomic E-state index is 5.74. The van der Waals surface area contributed by atoms with Gasteiger partial charge in [-0.1, -0.05) is 0 Å². The van der Waals surface area contributed by atoms with E-state index in [4.69, 9.17) is 10.5 Å². The van der Waals surface area contributed by atoms with Crippen molar-refractivity contribution < 1.29 is 4.74 Å². The standard InChI is InChI=1S/C12H20N4O/c1-9(13)5-10-6-14-12(15-7-10)11-8-16(2)3-4-17-11/h6-7,9,11H,3-5,8,13H2,1-2H3. The molecule has 0 amide bonds. The predicted molar refractivity (Wildman–Crippen MR) is 65.6 cm³/mol. The van der Waals surface area contributed by atoms with Crippen molar-refractivity contribution in [2.75, 3.05) is 26.7 Å². The van der Waals surface area contributed by atoms with E-state index in [-0.39, 0.29) is 12.1 Å². The Kier molecular flexibility index (Phi) is 4.04. The van der Waals surface area contributed by atoms with Crippen molar-refractivity contribution in [1.82, 2.24) is 14.9 Å². The summed E-state index contributed by atoms with van der Waals surface area (Å²) in [5.41, 5.74) is 6.81. The predicted octanol–water partition coefficient (Wildman–Crippen LogP) is 0.369. The van der Waals surface area contributed by atoms with Gasteiger partial charge in [0, 0.05) is 31.5 Å². The van der Waals surface area contributed by atoms with Crippen LogP contribution in [0.15, 0.2) is 12.4 Å². The zero-order chi connectivity index (χ0) is 12.3. The summed E-state index contributed by atoms with van der Waals surface area (Å²) in [5.74, 6) is 0.768. The first-order chi connectivity index (χ1) is 8.15. The Morgan fingerprint density at radius 3 is 2.82 bits per heavy atom. The molecule has 1 aliphatic heterocycles. The summed E-state index contributed by atoms with van der Waals surface area (Å²) in [7, 11) is 2.08. The number of aromatic nitrogens is 2. The van der Waals surface area contributed by atoms with Gasteiger partial charge in [-0.25, -0.2) is 9.97 Å². The highest BCUT2D eigenvalue weighted by atomic mass is 16.5. The lowest BCUT2D eigenvalue weighted by atomic mass is 10.1. The molecule has 94 valence electrons. The summed E-state index contributed by atoms with van der Waals surface area (Å²) in [4.78, 5) is 11.0. The number of morpholine rings is 1. The van der Waals surface area contributed by atoms with Crippen molar-refractivity contribution in [1.29, 1.82) is 0 Å². The number of nitrogens with zero attached hydrogens (tertiary/aromatic N) is 3. The summed E-state index contributed by atoms with van der Waals surface area (Å²) in [5, 5.41) is 0. The number of hydrogen-bond donors (Lipinski definition) is 1. The van der Waals surface area contributed by atoms with Crippen LogP contribution in [0.4, 0.5) is 0 Å². The van der Waals surface area contributed by atoms with Crippen molar-refractivity contribution in [3.05, 3.63) is 23.8 Å². The third-order valence-corrected chi connectivity index (χ3v) is 2.84. The molecular weight excluding hydrogens is 216 g/mol. The van der Waals surface area contributed by atoms with Gasteiger partial charge in [-0.15, -0.1) is 0 Å². The van der Waals surface area contributed by atoms with Gasteiger partial charge < -0.3 is 15.4 Å². The average Bonchev–Trinajstić information content (AvgIpc) is 2.29. The average molecular weight is 236 g/mol. The molecule has 2 N–H and O–H groups in total. The zero-order valence-corrected chi connectivity index (χ0v) is 10.5. The van der Waals surface area contributed by atoms with Crippen LogP contribution in [0.1, 0.15) is 24.4 Å². The Labute approximate surface area is 102 Å². The molecule has 2 heterocycles. The Balaban J connectivity index is 2.01. The van der Waals surface area contributed by atoms with Gasteiger partial charge in [0.2, 0.25) is 0 Å². The van der Waals surface area contributed by atoms with E-state index in [9.17, 15) is 0 Å². The van der Waals surface area contributed by atoms with Crippen molar-refractivity contribution in [2.24, 2.45) is 5.73 Å². The van der Waals surface area contributed by atoms with Crippen molar-refractivity contribution in [2.45, 2.75) is 25.5 Å². The lowest BCUT2D eigenvalue weighted by Crippen LogP contribution is -2.36. The summed E-state index contributed by atoms with van der Waals surface area (Å²) in [6.07, 6.45) is 4.51. The Morgan fingerprint density at radius 2 is 2.24 bits per heavy atom. The van der Waals surface area contributed by atoms with Crippen LogP contribution in [0.5, 0.6) is 0 Å². The molecule has 1 fully saturated rings. The second kappa shape index (κ2) is 5.53. The molecule has 0 aliphatic carbocycles. The van der Waals surface area contributed by atoms with Gasteiger partial charge in [-0.05, 0) is 26.0 Å². The van der Waals surface area contributed by atoms with Crippen LogP contribution in [0.3, 0.4) is 0 Å². The molecule has 1 aliphatic rings. The fourth-order valence-electron chi connectivity index (χ4n) is 1.94. The molecular formula is C12H20N4O. The Morgan fingerprint density at radius 1 is 1.53 bits per heavy atom. The van der Waals surface area contributed by atoms with E-state index in [1.165, 1.54) is 0 Å². The highest BCUT2D eigenvalue weighted by Gasteiger charge is 2.21. The topological polar surface area (TPSA) is 64.3 Å². The molecule has 17 heavy (non-hydrogen) atoms. The minimum Gasteiger partial charge on any atom is -0.368 e. The number of likely N-dealkylation sites (N-methyl/N-ethyl adjacent to an activating group) is 1. The minimum atomic E-state index is -0.00176. The summed E-state index contributed by atoms with van der Waals surface area (Å²) in [6, 6.07) is 0.140. The van der Waals surface area contributed by atoms with Crippen LogP contribution < -0.4 is 5.73 Å². The fraction of sp³-hybridized carbons (Fsp3) is 0.667. The molecule has 0 aromatic carbocycles. The van der Waals surface area contributed by atoms with E-state index < -0.39 is 0 Å². The highest BCUT2D eigenvalue weighted by Crippen LogP contribution is 2.17. The molecule has 1 aromatic rings. The molecule has 0 spiro atoms. The van der Waals surface area contributed by atoms with E-state index in [0.29, 0.717) is 0 Å². The van der Waals surface area contributed by atoms with Gasteiger partial charge in [0.05, 0.1) is 6.61 Å². The van der Waals surface area contributed by atoms with Crippen molar-refractivity contribution >= 4 is 0 Å². The number of nitrogens with two attached hydrogens (primary N) is 1. The first-order valence-electron chi connectivity index (χ1n) is 6.01. The first kappa shape index (κ1) is 12.4. The molecule has 2 unspecified atom stereocenters. The van der Waals surface area contributed by atoms with Gasteiger partial charge >= 0.3 is 0 Å². The van der Waals surface area contributed by atoms with E-state index in [0.717, 1.165) is 37.5 Å². The highest BCUT2D eigenvalue weighted by molar-refractivity contribution is 5.08. The lowest BCUT2D eigenvalue weighted by molar-refractivity contribution is -0.0255. The molecule has 5 heteroatoms. The van der Waals surface area contributed by atoms with E-state index in [1.54, 1.807) is 0 Å². The maximum Gasteiger partial charge on any atom is 0.158 e. The molecule has 1 saturated heterocycles. The summed E-state index contributed by atoms with van der Waals surface area (Å²) >= 11 is 0.